The van der Waals surface area contributed by atoms with Gasteiger partial charge < -0.3 is 40.9 Å². The molecule has 0 bridgehead atoms. The Kier molecular flexibility index (Phi) is 40.3. The Balaban J connectivity index is 0.000000245. The molecule has 0 N–H and O–H groups in total. The van der Waals surface area contributed by atoms with Crippen LogP contribution in [0.15, 0.2) is 388 Å². The fourth-order valence-corrected chi connectivity index (χ4v) is 29.7. The zero-order chi connectivity index (χ0) is 72.2. The van der Waals surface area contributed by atoms with Gasteiger partial charge in [-0.05, 0) is 123 Å². The molecule has 0 aliphatic carbocycles. The van der Waals surface area contributed by atoms with Gasteiger partial charge in [0, 0.05) is 17.7 Å². The predicted molar refractivity (Wildman–Crippen MR) is 429 cm³/mol. The molecule has 13 aromatic carbocycles. The van der Waals surface area contributed by atoms with Gasteiger partial charge in [0.1, 0.15) is 0 Å². The van der Waals surface area contributed by atoms with E-state index in [-0.39, 0.29) is 56.9 Å². The van der Waals surface area contributed by atoms with Gasteiger partial charge >= 0.3 is 65.7 Å². The van der Waals surface area contributed by atoms with E-state index in [4.69, 9.17) is 6.42 Å². The van der Waals surface area contributed by atoms with Crippen molar-refractivity contribution in [3.05, 3.63) is 410 Å². The third-order valence-corrected chi connectivity index (χ3v) is 32.7. The fourth-order valence-electron chi connectivity index (χ4n) is 10.3. The van der Waals surface area contributed by atoms with Crippen molar-refractivity contribution in [3.8, 4) is 5.92 Å². The summed E-state index contributed by atoms with van der Waals surface area (Å²) in [6, 6.07) is 138. The van der Waals surface area contributed by atoms with E-state index in [1.807, 2.05) is 0 Å². The number of hydrogen-bond donors (Lipinski definition) is 0. The van der Waals surface area contributed by atoms with Crippen LogP contribution >= 0.6 is 47.5 Å². The molecule has 0 unspecified atom stereocenters. The Labute approximate surface area is 650 Å². The van der Waals surface area contributed by atoms with Crippen molar-refractivity contribution in [2.75, 3.05) is 17.7 Å². The van der Waals surface area contributed by atoms with Gasteiger partial charge in [-0.15, -0.1) is 17.7 Å². The Morgan fingerprint density at radius 1 is 0.248 bits per heavy atom. The number of benzene rings is 13. The normalized spacial score (nSPS) is 10.6. The summed E-state index contributed by atoms with van der Waals surface area (Å²) < 4.78 is 78.0. The summed E-state index contributed by atoms with van der Waals surface area (Å²) in [4.78, 5) is 9.66. The smallest absolute Gasteiger partial charge is 0.418 e. The molecular formula is C83H70B2Cu3F8NO2P6. The van der Waals surface area contributed by atoms with Gasteiger partial charge in [-0.25, -0.2) is 0 Å². The van der Waals surface area contributed by atoms with Gasteiger partial charge in [-0.3, -0.25) is 16.0 Å². The number of hydrogen-bond acceptors (Lipinski definition) is 2. The van der Waals surface area contributed by atoms with E-state index in [1.165, 1.54) is 106 Å². The number of nitro benzene ring substituents is 1. The Morgan fingerprint density at radius 3 is 0.457 bits per heavy atom. The van der Waals surface area contributed by atoms with Crippen molar-refractivity contribution in [1.82, 2.24) is 0 Å². The average molecular weight is 1660 g/mol. The largest absolute Gasteiger partial charge is 1.00 e. The van der Waals surface area contributed by atoms with Crippen molar-refractivity contribution in [2.45, 2.75) is 0 Å². The minimum absolute atomic E-state index is 0. The van der Waals surface area contributed by atoms with Gasteiger partial charge in [-0.1, -0.05) is 364 Å². The van der Waals surface area contributed by atoms with Crippen molar-refractivity contribution < 1.29 is 90.7 Å². The maximum absolute atomic E-state index is 10.1. The molecule has 544 valence electrons. The van der Waals surface area contributed by atoms with Crippen molar-refractivity contribution in [3.63, 3.8) is 0 Å². The summed E-state index contributed by atoms with van der Waals surface area (Å²) >= 11 is 0. The average Bonchev–Trinajstić information content (AvgIpc) is 0.829. The van der Waals surface area contributed by atoms with Crippen LogP contribution in [0.5, 0.6) is 0 Å². The molecule has 0 atom stereocenters. The first-order valence-electron chi connectivity index (χ1n) is 32.2. The van der Waals surface area contributed by atoms with E-state index in [0.717, 1.165) is 0 Å². The second-order valence-electron chi connectivity index (χ2n) is 21.9. The molecule has 0 radical (unpaired) electrons. The summed E-state index contributed by atoms with van der Waals surface area (Å²) in [6.07, 6.45) is 6.70. The monoisotopic (exact) mass is 1660 g/mol. The van der Waals surface area contributed by atoms with Crippen molar-refractivity contribution in [2.24, 2.45) is 0 Å². The van der Waals surface area contributed by atoms with E-state index >= 15 is 0 Å². The maximum atomic E-state index is 10.1. The molecule has 13 rings (SSSR count). The van der Waals surface area contributed by atoms with E-state index in [2.05, 4.69) is 370 Å². The van der Waals surface area contributed by atoms with Gasteiger partial charge in [-0.2, -0.15) is 0 Å². The van der Waals surface area contributed by atoms with Crippen LogP contribution in [0.1, 0.15) is 5.56 Å². The number of halogens is 8. The predicted octanol–water partition coefficient (Wildman–Crippen LogP) is 19.8. The standard InChI is InChI=1S/3C25H22P2.C8H4NO2.2BF4.3Cu/c3*1-5-13-22(14-6-1)26(23-15-7-2-8-16-23)21-27(24-17-9-3-10-18-24)25-19-11-4-12-20-25;1-2-7-3-5-8(6-4-7)9(10)11;2*2-1(3,4)5;;;/h3*1-20H,21H2;3-6H;;;;;/q;;;3*-1;3*+1. The molecule has 0 saturated carbocycles. The molecule has 0 aromatic heterocycles. The minimum atomic E-state index is -6.00. The van der Waals surface area contributed by atoms with E-state index in [1.54, 1.807) is 0 Å². The summed E-state index contributed by atoms with van der Waals surface area (Å²) in [7, 11) is -14.5. The summed E-state index contributed by atoms with van der Waals surface area (Å²) in [6.45, 7) is 0. The van der Waals surface area contributed by atoms with Crippen LogP contribution in [-0.2, 0) is 51.2 Å². The van der Waals surface area contributed by atoms with Crippen molar-refractivity contribution >= 4 is 131 Å². The second kappa shape index (κ2) is 48.0. The molecule has 3 nitrogen and oxygen atoms in total. The quantitative estimate of drug-likeness (QED) is 0.0154. The van der Waals surface area contributed by atoms with Gasteiger partial charge in [0.15, 0.2) is 0 Å². The fraction of sp³-hybridized carbons (Fsp3) is 0.0361. The zero-order valence-electron chi connectivity index (χ0n) is 56.1. The molecule has 13 aromatic rings. The van der Waals surface area contributed by atoms with Crippen molar-refractivity contribution in [1.29, 1.82) is 0 Å². The molecule has 0 aliphatic heterocycles. The first kappa shape index (κ1) is 88.2. The molecule has 0 saturated heterocycles. The Morgan fingerprint density at radius 2 is 0.362 bits per heavy atom. The number of non-ortho nitro benzene ring substituents is 1. The molecule has 105 heavy (non-hydrogen) atoms. The van der Waals surface area contributed by atoms with Crippen LogP contribution in [0.25, 0.3) is 0 Å². The summed E-state index contributed by atoms with van der Waals surface area (Å²) in [5.41, 5.74) is 0.569. The van der Waals surface area contributed by atoms with Gasteiger partial charge in [0.25, 0.3) is 5.69 Å². The van der Waals surface area contributed by atoms with Crippen LogP contribution in [0.3, 0.4) is 0 Å². The molecule has 22 heteroatoms. The third-order valence-electron chi connectivity index (χ3n) is 14.9. The van der Waals surface area contributed by atoms with Gasteiger partial charge in [0.2, 0.25) is 0 Å². The third kappa shape index (κ3) is 31.9. The molecule has 0 heterocycles. The molecular weight excluding hydrogens is 1590 g/mol. The molecule has 0 fully saturated rings. The number of nitro groups is 1. The van der Waals surface area contributed by atoms with E-state index in [0.29, 0.717) is 5.56 Å². The Hall–Kier alpha value is -7.47. The van der Waals surface area contributed by atoms with Crippen LogP contribution in [0, 0.1) is 22.5 Å². The Bertz CT molecular complexity index is 3600. The first-order chi connectivity index (χ1) is 49.5. The zero-order valence-corrected chi connectivity index (χ0v) is 64.3. The van der Waals surface area contributed by atoms with E-state index < -0.39 is 67.0 Å². The molecule has 0 spiro atoms. The van der Waals surface area contributed by atoms with E-state index in [9.17, 15) is 44.6 Å². The minimum Gasteiger partial charge on any atom is -0.418 e. The number of nitrogens with zero attached hydrogens (tertiary/aromatic N) is 1. The summed E-state index contributed by atoms with van der Waals surface area (Å²) in [5, 5.41) is 27.6. The summed E-state index contributed by atoms with van der Waals surface area (Å²) in [5.74, 6) is 5.64. The van der Waals surface area contributed by atoms with Crippen LogP contribution in [-0.4, -0.2) is 37.1 Å². The van der Waals surface area contributed by atoms with Gasteiger partial charge in [0.05, 0.1) is 4.92 Å². The van der Waals surface area contributed by atoms with Crippen LogP contribution in [0.2, 0.25) is 0 Å². The molecule has 0 aliphatic rings. The first-order valence-corrected chi connectivity index (χ1v) is 41.3. The van der Waals surface area contributed by atoms with Crippen LogP contribution in [0.4, 0.5) is 40.2 Å². The van der Waals surface area contributed by atoms with Crippen LogP contribution < -0.4 is 63.7 Å². The molecule has 0 amide bonds. The second-order valence-corrected chi connectivity index (χ2v) is 36.7. The SMILES string of the molecule is F[B-](F)(F)F.F[B-](F)(F)F.[C-]#Cc1ccc([N+](=O)[O-])cc1.[Cu+].[Cu+].[Cu+].c1ccc(P(CP(c2ccccc2)c2ccccc2)c2ccccc2)cc1.c1ccc(P(CP(c2ccccc2)c2ccccc2)c2ccccc2)cc1.c1ccc(P(CP(c2ccccc2)c2ccccc2)c2ccccc2)cc1. The maximum Gasteiger partial charge on any atom is 1.00 e. The number of rotatable bonds is 19. The topological polar surface area (TPSA) is 43.1 Å².